The van der Waals surface area contributed by atoms with E-state index in [1.165, 1.54) is 15.1 Å². The van der Waals surface area contributed by atoms with E-state index >= 15 is 0 Å². The van der Waals surface area contributed by atoms with Gasteiger partial charge in [0, 0.05) is 10.4 Å². The van der Waals surface area contributed by atoms with Gasteiger partial charge in [0.05, 0.1) is 9.71 Å². The topological polar surface area (TPSA) is 12.9 Å². The van der Waals surface area contributed by atoms with E-state index in [-0.39, 0.29) is 0 Å². The highest BCUT2D eigenvalue weighted by Crippen LogP contribution is 2.38. The molecule has 0 aliphatic rings. The van der Waals surface area contributed by atoms with Crippen molar-refractivity contribution in [3.05, 3.63) is 46.3 Å². The molecule has 0 N–H and O–H groups in total. The molecule has 2 aromatic heterocycles. The van der Waals surface area contributed by atoms with Crippen molar-refractivity contribution >= 4 is 37.8 Å². The smallest absolute Gasteiger partial charge is 0.135 e. The molecule has 0 aliphatic heterocycles. The lowest BCUT2D eigenvalue weighted by Crippen LogP contribution is -1.77. The minimum atomic E-state index is 1.07. The second kappa shape index (κ2) is 7.41. The van der Waals surface area contributed by atoms with Crippen LogP contribution in [0.1, 0.15) is 36.2 Å². The Morgan fingerprint density at radius 2 is 1.84 bits per heavy atom. The van der Waals surface area contributed by atoms with Crippen LogP contribution in [-0.2, 0) is 0 Å². The summed E-state index contributed by atoms with van der Waals surface area (Å²) in [5.41, 5.74) is 2.33. The van der Waals surface area contributed by atoms with E-state index < -0.39 is 0 Å². The molecule has 19 heavy (non-hydrogen) atoms. The number of thiazole rings is 1. The summed E-state index contributed by atoms with van der Waals surface area (Å²) >= 11 is 3.51. The van der Waals surface area contributed by atoms with Crippen molar-refractivity contribution in [2.24, 2.45) is 0 Å². The molecule has 0 saturated carbocycles. The van der Waals surface area contributed by atoms with Gasteiger partial charge in [-0.25, -0.2) is 4.98 Å². The molecule has 2 aromatic rings. The molecule has 3 heteroatoms. The maximum Gasteiger partial charge on any atom is 0.135 e. The van der Waals surface area contributed by atoms with Crippen molar-refractivity contribution in [2.75, 3.05) is 0 Å². The lowest BCUT2D eigenvalue weighted by molar-refractivity contribution is 1.36. The van der Waals surface area contributed by atoms with Gasteiger partial charge in [0.1, 0.15) is 4.83 Å². The third kappa shape index (κ3) is 3.64. The van der Waals surface area contributed by atoms with Crippen LogP contribution in [0.4, 0.5) is 0 Å². The zero-order valence-electron chi connectivity index (χ0n) is 12.3. The first-order chi connectivity index (χ1) is 9.13. The van der Waals surface area contributed by atoms with Gasteiger partial charge >= 0.3 is 0 Å². The van der Waals surface area contributed by atoms with Crippen molar-refractivity contribution in [3.63, 3.8) is 0 Å². The summed E-state index contributed by atoms with van der Waals surface area (Å²) < 4.78 is 1.28. The summed E-state index contributed by atoms with van der Waals surface area (Å²) in [4.78, 5) is 6.97. The van der Waals surface area contributed by atoms with E-state index in [1.807, 2.05) is 39.0 Å². The van der Waals surface area contributed by atoms with Crippen LogP contribution >= 0.6 is 22.7 Å². The molecule has 0 amide bonds. The standard InChI is InChI=1S/C14H15NS2.C2H6/c1-5-6-7-8-9(2)12-10(3)16-14-13(12)17-11(4)15-14;1-2/h5-8H,2H2,1,3-4H3;1-2H3/b6-5-,8-7-;. The predicted octanol–water partition coefficient (Wildman–Crippen LogP) is 6.15. The highest BCUT2D eigenvalue weighted by atomic mass is 32.1. The summed E-state index contributed by atoms with van der Waals surface area (Å²) in [6.07, 6.45) is 8.11. The number of hydrogen-bond acceptors (Lipinski definition) is 3. The van der Waals surface area contributed by atoms with Crippen LogP contribution in [0, 0.1) is 13.8 Å². The molecule has 0 aromatic carbocycles. The second-order valence-corrected chi connectivity index (χ2v) is 6.22. The summed E-state index contributed by atoms with van der Waals surface area (Å²) in [6, 6.07) is 0. The zero-order chi connectivity index (χ0) is 14.4. The molecule has 0 bridgehead atoms. The predicted molar refractivity (Wildman–Crippen MR) is 91.3 cm³/mol. The molecule has 0 saturated heterocycles. The van der Waals surface area contributed by atoms with Crippen molar-refractivity contribution in [1.29, 1.82) is 0 Å². The van der Waals surface area contributed by atoms with Gasteiger partial charge in [0.2, 0.25) is 0 Å². The Hall–Kier alpha value is -1.19. The third-order valence-corrected chi connectivity index (χ3v) is 4.57. The Morgan fingerprint density at radius 3 is 2.47 bits per heavy atom. The molecule has 0 radical (unpaired) electrons. The molecular weight excluding hydrogens is 270 g/mol. The molecule has 0 aliphatic carbocycles. The Kier molecular flexibility index (Phi) is 6.19. The average molecular weight is 291 g/mol. The number of allylic oxidation sites excluding steroid dienone is 5. The normalized spacial score (nSPS) is 11.2. The van der Waals surface area contributed by atoms with Crippen LogP contribution in [0.5, 0.6) is 0 Å². The SMILES string of the molecule is C=C(/C=C\C=C/C)c1c(C)sc2nc(C)sc12.CC. The van der Waals surface area contributed by atoms with E-state index in [4.69, 9.17) is 0 Å². The first kappa shape index (κ1) is 15.9. The molecular formula is C16H21NS2. The fourth-order valence-corrected chi connectivity index (χ4v) is 4.06. The lowest BCUT2D eigenvalue weighted by Gasteiger charge is -1.98. The summed E-state index contributed by atoms with van der Waals surface area (Å²) in [5.74, 6) is 0. The molecule has 0 spiro atoms. The number of thiophene rings is 1. The third-order valence-electron chi connectivity index (χ3n) is 2.45. The maximum absolute atomic E-state index is 4.53. The number of rotatable bonds is 3. The molecule has 102 valence electrons. The van der Waals surface area contributed by atoms with Crippen molar-refractivity contribution < 1.29 is 0 Å². The van der Waals surface area contributed by atoms with Crippen LogP contribution in [0.15, 0.2) is 30.9 Å². The van der Waals surface area contributed by atoms with Crippen LogP contribution in [-0.4, -0.2) is 4.98 Å². The van der Waals surface area contributed by atoms with E-state index in [0.717, 1.165) is 15.4 Å². The second-order valence-electron chi connectivity index (χ2n) is 3.81. The van der Waals surface area contributed by atoms with E-state index in [2.05, 4.69) is 31.5 Å². The van der Waals surface area contributed by atoms with Gasteiger partial charge in [-0.15, -0.1) is 22.7 Å². The van der Waals surface area contributed by atoms with Crippen molar-refractivity contribution in [2.45, 2.75) is 34.6 Å². The minimum Gasteiger partial charge on any atom is -0.231 e. The van der Waals surface area contributed by atoms with Crippen LogP contribution in [0.3, 0.4) is 0 Å². The molecule has 2 rings (SSSR count). The van der Waals surface area contributed by atoms with Gasteiger partial charge in [-0.1, -0.05) is 44.7 Å². The Bertz CT molecular complexity index is 612. The first-order valence-corrected chi connectivity index (χ1v) is 8.12. The number of aromatic nitrogens is 1. The number of nitrogens with zero attached hydrogens (tertiary/aromatic N) is 1. The van der Waals surface area contributed by atoms with Crippen molar-refractivity contribution in [3.8, 4) is 0 Å². The summed E-state index contributed by atoms with van der Waals surface area (Å²) in [6.45, 7) is 14.3. The van der Waals surface area contributed by atoms with Gasteiger partial charge in [-0.3, -0.25) is 0 Å². The van der Waals surface area contributed by atoms with E-state index in [9.17, 15) is 0 Å². The lowest BCUT2D eigenvalue weighted by atomic mass is 10.1. The monoisotopic (exact) mass is 291 g/mol. The largest absolute Gasteiger partial charge is 0.231 e. The van der Waals surface area contributed by atoms with Crippen LogP contribution in [0.2, 0.25) is 0 Å². The minimum absolute atomic E-state index is 1.07. The van der Waals surface area contributed by atoms with Crippen LogP contribution < -0.4 is 0 Å². The summed E-state index contributed by atoms with van der Waals surface area (Å²) in [5, 5.41) is 1.12. The van der Waals surface area contributed by atoms with Gasteiger partial charge in [0.15, 0.2) is 0 Å². The number of hydrogen-bond donors (Lipinski definition) is 0. The quantitative estimate of drug-likeness (QED) is 0.618. The molecule has 2 heterocycles. The van der Waals surface area contributed by atoms with E-state index in [0.29, 0.717) is 0 Å². The van der Waals surface area contributed by atoms with Crippen LogP contribution in [0.25, 0.3) is 15.1 Å². The van der Waals surface area contributed by atoms with E-state index in [1.54, 1.807) is 22.7 Å². The fourth-order valence-electron chi connectivity index (χ4n) is 1.73. The van der Waals surface area contributed by atoms with Gasteiger partial charge < -0.3 is 0 Å². The molecule has 1 nitrogen and oxygen atoms in total. The van der Waals surface area contributed by atoms with Gasteiger partial charge in [0.25, 0.3) is 0 Å². The highest BCUT2D eigenvalue weighted by molar-refractivity contribution is 7.27. The number of aryl methyl sites for hydroxylation is 2. The Labute approximate surface area is 124 Å². The molecule has 0 unspecified atom stereocenters. The maximum atomic E-state index is 4.53. The molecule has 0 atom stereocenters. The van der Waals surface area contributed by atoms with Gasteiger partial charge in [-0.05, 0) is 26.3 Å². The van der Waals surface area contributed by atoms with Crippen molar-refractivity contribution in [1.82, 2.24) is 4.98 Å². The fraction of sp³-hybridized carbons (Fsp3) is 0.312. The Balaban J connectivity index is 0.000000861. The first-order valence-electron chi connectivity index (χ1n) is 6.48. The average Bonchev–Trinajstić information content (AvgIpc) is 2.86. The zero-order valence-corrected chi connectivity index (χ0v) is 13.9. The van der Waals surface area contributed by atoms with Gasteiger partial charge in [-0.2, -0.15) is 0 Å². The molecule has 0 fully saturated rings. The number of fused-ring (bicyclic) bond motifs is 1. The Morgan fingerprint density at radius 1 is 1.16 bits per heavy atom. The summed E-state index contributed by atoms with van der Waals surface area (Å²) in [7, 11) is 0. The highest BCUT2D eigenvalue weighted by Gasteiger charge is 2.13.